The largest absolute Gasteiger partial charge is 0.311 e. The number of hydrogen-bond acceptors (Lipinski definition) is 2. The lowest BCUT2D eigenvalue weighted by molar-refractivity contribution is 0.481. The topological polar surface area (TPSA) is 30.7 Å². The minimum atomic E-state index is 0.491. The van der Waals surface area contributed by atoms with Gasteiger partial charge in [0.2, 0.25) is 0 Å². The lowest BCUT2D eigenvalue weighted by Gasteiger charge is -2.16. The standard InChI is InChI=1S/C12H18ClN3/c1-8-3-2-4-10(8)12-15-14-11(7-13)16(12)9-5-6-9/h8-10H,2-7H2,1H3. The molecule has 3 rings (SSSR count). The van der Waals surface area contributed by atoms with Crippen LogP contribution >= 0.6 is 11.6 Å². The zero-order valence-corrected chi connectivity index (χ0v) is 10.5. The van der Waals surface area contributed by atoms with Crippen molar-refractivity contribution >= 4 is 11.6 Å². The molecule has 0 saturated heterocycles. The number of alkyl halides is 1. The summed E-state index contributed by atoms with van der Waals surface area (Å²) in [6.45, 7) is 2.34. The average molecular weight is 240 g/mol. The van der Waals surface area contributed by atoms with Crippen LogP contribution in [0, 0.1) is 5.92 Å². The third kappa shape index (κ3) is 1.65. The van der Waals surface area contributed by atoms with Crippen molar-refractivity contribution in [1.29, 1.82) is 0 Å². The molecule has 1 heterocycles. The van der Waals surface area contributed by atoms with Crippen LogP contribution in [0.5, 0.6) is 0 Å². The Kier molecular flexibility index (Phi) is 2.66. The van der Waals surface area contributed by atoms with Gasteiger partial charge in [-0.25, -0.2) is 0 Å². The zero-order chi connectivity index (χ0) is 11.1. The Morgan fingerprint density at radius 3 is 2.62 bits per heavy atom. The van der Waals surface area contributed by atoms with Gasteiger partial charge in [-0.2, -0.15) is 0 Å². The van der Waals surface area contributed by atoms with E-state index >= 15 is 0 Å². The van der Waals surface area contributed by atoms with E-state index in [9.17, 15) is 0 Å². The lowest BCUT2D eigenvalue weighted by Crippen LogP contribution is -2.12. The van der Waals surface area contributed by atoms with Gasteiger partial charge in [0.15, 0.2) is 0 Å². The first-order valence-corrected chi connectivity index (χ1v) is 6.84. The molecule has 2 unspecified atom stereocenters. The van der Waals surface area contributed by atoms with Gasteiger partial charge >= 0.3 is 0 Å². The van der Waals surface area contributed by atoms with Crippen molar-refractivity contribution < 1.29 is 0 Å². The summed E-state index contributed by atoms with van der Waals surface area (Å²) in [6.07, 6.45) is 6.48. The molecule has 88 valence electrons. The zero-order valence-electron chi connectivity index (χ0n) is 9.69. The molecule has 16 heavy (non-hydrogen) atoms. The van der Waals surface area contributed by atoms with Gasteiger partial charge in [-0.1, -0.05) is 13.3 Å². The molecule has 2 aliphatic carbocycles. The van der Waals surface area contributed by atoms with E-state index in [1.807, 2.05) is 0 Å². The molecule has 0 amide bonds. The maximum absolute atomic E-state index is 5.94. The molecule has 0 spiro atoms. The molecule has 2 saturated carbocycles. The van der Waals surface area contributed by atoms with Crippen molar-refractivity contribution in [3.05, 3.63) is 11.6 Å². The summed E-state index contributed by atoms with van der Waals surface area (Å²) in [5.41, 5.74) is 0. The Balaban J connectivity index is 1.96. The van der Waals surface area contributed by atoms with Gasteiger partial charge in [0.25, 0.3) is 0 Å². The van der Waals surface area contributed by atoms with Crippen molar-refractivity contribution in [2.75, 3.05) is 0 Å². The second-order valence-electron chi connectivity index (χ2n) is 5.22. The van der Waals surface area contributed by atoms with E-state index in [1.165, 1.54) is 37.9 Å². The summed E-state index contributed by atoms with van der Waals surface area (Å²) in [7, 11) is 0. The summed E-state index contributed by atoms with van der Waals surface area (Å²) in [5, 5.41) is 8.67. The first-order valence-electron chi connectivity index (χ1n) is 6.31. The molecule has 1 aromatic rings. The molecule has 0 aromatic carbocycles. The summed E-state index contributed by atoms with van der Waals surface area (Å²) in [4.78, 5) is 0. The van der Waals surface area contributed by atoms with Gasteiger partial charge in [0.05, 0.1) is 5.88 Å². The normalized spacial score (nSPS) is 29.9. The Bertz CT molecular complexity index is 384. The molecule has 0 bridgehead atoms. The molecule has 3 nitrogen and oxygen atoms in total. The van der Waals surface area contributed by atoms with E-state index in [-0.39, 0.29) is 0 Å². The van der Waals surface area contributed by atoms with E-state index in [2.05, 4.69) is 21.7 Å². The third-order valence-corrected chi connectivity index (χ3v) is 4.26. The van der Waals surface area contributed by atoms with Crippen LogP contribution < -0.4 is 0 Å². The van der Waals surface area contributed by atoms with E-state index in [0.717, 1.165) is 11.7 Å². The fraction of sp³-hybridized carbons (Fsp3) is 0.833. The SMILES string of the molecule is CC1CCCC1c1nnc(CCl)n1C1CC1. The molecule has 4 heteroatoms. The van der Waals surface area contributed by atoms with Crippen molar-refractivity contribution in [2.24, 2.45) is 5.92 Å². The highest BCUT2D eigenvalue weighted by Crippen LogP contribution is 2.43. The first kappa shape index (κ1) is 10.6. The van der Waals surface area contributed by atoms with Gasteiger partial charge < -0.3 is 4.57 Å². The van der Waals surface area contributed by atoms with Crippen LogP contribution in [0.1, 0.15) is 62.6 Å². The van der Waals surface area contributed by atoms with Crippen molar-refractivity contribution in [3.63, 3.8) is 0 Å². The highest BCUT2D eigenvalue weighted by atomic mass is 35.5. The minimum Gasteiger partial charge on any atom is -0.311 e. The summed E-state index contributed by atoms with van der Waals surface area (Å²) in [5.74, 6) is 4.04. The minimum absolute atomic E-state index is 0.491. The summed E-state index contributed by atoms with van der Waals surface area (Å²) < 4.78 is 2.33. The molecular formula is C12H18ClN3. The Morgan fingerprint density at radius 1 is 1.25 bits per heavy atom. The van der Waals surface area contributed by atoms with Gasteiger partial charge in [-0.05, 0) is 31.6 Å². The van der Waals surface area contributed by atoms with Crippen molar-refractivity contribution in [2.45, 2.75) is 56.9 Å². The Labute approximate surface area is 101 Å². The molecule has 2 atom stereocenters. The second kappa shape index (κ2) is 4.02. The smallest absolute Gasteiger partial charge is 0.148 e. The van der Waals surface area contributed by atoms with Crippen LogP contribution in [-0.4, -0.2) is 14.8 Å². The highest BCUT2D eigenvalue weighted by Gasteiger charge is 2.35. The van der Waals surface area contributed by atoms with E-state index in [0.29, 0.717) is 17.8 Å². The summed E-state index contributed by atoms with van der Waals surface area (Å²) in [6, 6.07) is 0.645. The lowest BCUT2D eigenvalue weighted by atomic mass is 9.97. The van der Waals surface area contributed by atoms with Crippen LogP contribution in [0.2, 0.25) is 0 Å². The van der Waals surface area contributed by atoms with E-state index < -0.39 is 0 Å². The van der Waals surface area contributed by atoms with E-state index in [4.69, 9.17) is 11.6 Å². The maximum Gasteiger partial charge on any atom is 0.148 e. The third-order valence-electron chi connectivity index (χ3n) is 4.02. The Morgan fingerprint density at radius 2 is 2.06 bits per heavy atom. The predicted octanol–water partition coefficient (Wildman–Crippen LogP) is 3.26. The maximum atomic E-state index is 5.94. The predicted molar refractivity (Wildman–Crippen MR) is 63.6 cm³/mol. The van der Waals surface area contributed by atoms with Crippen LogP contribution in [0.3, 0.4) is 0 Å². The molecule has 2 aliphatic rings. The Hall–Kier alpha value is -0.570. The van der Waals surface area contributed by atoms with Crippen LogP contribution in [0.25, 0.3) is 0 Å². The first-order chi connectivity index (χ1) is 7.81. The van der Waals surface area contributed by atoms with Gasteiger partial charge in [-0.3, -0.25) is 0 Å². The number of nitrogens with zero attached hydrogens (tertiary/aromatic N) is 3. The van der Waals surface area contributed by atoms with Crippen molar-refractivity contribution in [1.82, 2.24) is 14.8 Å². The van der Waals surface area contributed by atoms with E-state index in [1.54, 1.807) is 0 Å². The summed E-state index contributed by atoms with van der Waals surface area (Å²) >= 11 is 5.94. The highest BCUT2D eigenvalue weighted by molar-refractivity contribution is 6.16. The number of hydrogen-bond donors (Lipinski definition) is 0. The molecule has 0 aliphatic heterocycles. The second-order valence-corrected chi connectivity index (χ2v) is 5.49. The number of rotatable bonds is 3. The molecule has 0 radical (unpaired) electrons. The van der Waals surface area contributed by atoms with Gasteiger partial charge in [0, 0.05) is 12.0 Å². The molecule has 2 fully saturated rings. The molecular weight excluding hydrogens is 222 g/mol. The van der Waals surface area contributed by atoms with Crippen LogP contribution in [0.15, 0.2) is 0 Å². The number of halogens is 1. The number of aromatic nitrogens is 3. The quantitative estimate of drug-likeness (QED) is 0.758. The fourth-order valence-corrected chi connectivity index (χ4v) is 3.12. The average Bonchev–Trinajstić information content (AvgIpc) is 2.90. The van der Waals surface area contributed by atoms with Gasteiger partial charge in [0.1, 0.15) is 11.6 Å². The van der Waals surface area contributed by atoms with Crippen LogP contribution in [0.4, 0.5) is 0 Å². The van der Waals surface area contributed by atoms with Crippen LogP contribution in [-0.2, 0) is 5.88 Å². The molecule has 1 aromatic heterocycles. The monoisotopic (exact) mass is 239 g/mol. The van der Waals surface area contributed by atoms with Crippen molar-refractivity contribution in [3.8, 4) is 0 Å². The fourth-order valence-electron chi connectivity index (χ4n) is 2.94. The van der Waals surface area contributed by atoms with Gasteiger partial charge in [-0.15, -0.1) is 21.8 Å². The molecule has 0 N–H and O–H groups in total.